The van der Waals surface area contributed by atoms with E-state index < -0.39 is 5.92 Å². The second kappa shape index (κ2) is 7.86. The van der Waals surface area contributed by atoms with E-state index in [1.807, 2.05) is 18.3 Å². The lowest BCUT2D eigenvalue weighted by Crippen LogP contribution is -2.32. The van der Waals surface area contributed by atoms with Crippen LogP contribution >= 0.6 is 0 Å². The van der Waals surface area contributed by atoms with Gasteiger partial charge in [0.2, 0.25) is 17.8 Å². The molecule has 0 unspecified atom stereocenters. The number of alkyl halides is 2. The molecule has 1 fully saturated rings. The monoisotopic (exact) mass is 426 g/mol. The van der Waals surface area contributed by atoms with Gasteiger partial charge >= 0.3 is 0 Å². The first-order chi connectivity index (χ1) is 15.0. The van der Waals surface area contributed by atoms with Crippen LogP contribution in [0.25, 0.3) is 11.2 Å². The van der Waals surface area contributed by atoms with Crippen molar-refractivity contribution in [1.82, 2.24) is 24.6 Å². The van der Waals surface area contributed by atoms with Crippen LogP contribution in [-0.2, 0) is 6.42 Å². The lowest BCUT2D eigenvalue weighted by molar-refractivity contribution is -0.0361. The van der Waals surface area contributed by atoms with E-state index in [0.29, 0.717) is 24.7 Å². The minimum Gasteiger partial charge on any atom is -0.480 e. The molecule has 2 aliphatic rings. The molecule has 0 radical (unpaired) electrons. The number of rotatable bonds is 4. The zero-order valence-corrected chi connectivity index (χ0v) is 17.3. The Morgan fingerprint density at radius 3 is 2.81 bits per heavy atom. The zero-order chi connectivity index (χ0) is 21.4. The molecule has 3 aromatic rings. The summed E-state index contributed by atoms with van der Waals surface area (Å²) in [6, 6.07) is 3.72. The first kappa shape index (κ1) is 19.8. The minimum absolute atomic E-state index is 0.0610. The van der Waals surface area contributed by atoms with E-state index in [1.165, 1.54) is 0 Å². The summed E-state index contributed by atoms with van der Waals surface area (Å²) in [5.74, 6) is -1.66. The minimum atomic E-state index is -2.56. The van der Waals surface area contributed by atoms with Gasteiger partial charge in [0.1, 0.15) is 0 Å². The van der Waals surface area contributed by atoms with E-state index in [0.717, 1.165) is 47.4 Å². The number of halogens is 2. The highest BCUT2D eigenvalue weighted by Crippen LogP contribution is 2.37. The van der Waals surface area contributed by atoms with Crippen molar-refractivity contribution < 1.29 is 13.5 Å². The number of aromatic nitrogens is 5. The van der Waals surface area contributed by atoms with Crippen LogP contribution in [0.4, 0.5) is 14.7 Å². The number of fused-ring (bicyclic) bond motifs is 2. The number of aryl methyl sites for hydroxylation is 1. The predicted molar refractivity (Wildman–Crippen MR) is 112 cm³/mol. The SMILES string of the molecule is COc1nc(NC2CCC(F)(F)CC2)nc2c1C(c1ccn3nccc3n1)=CCCC2. The van der Waals surface area contributed by atoms with Crippen LogP contribution in [-0.4, -0.2) is 43.6 Å². The lowest BCUT2D eigenvalue weighted by Gasteiger charge is -2.29. The lowest BCUT2D eigenvalue weighted by atomic mass is 9.92. The van der Waals surface area contributed by atoms with Crippen LogP contribution in [0.3, 0.4) is 0 Å². The van der Waals surface area contributed by atoms with Crippen molar-refractivity contribution in [2.45, 2.75) is 56.9 Å². The highest BCUT2D eigenvalue weighted by atomic mass is 19.3. The maximum atomic E-state index is 13.5. The maximum Gasteiger partial charge on any atom is 0.248 e. The third-order valence-electron chi connectivity index (χ3n) is 5.96. The van der Waals surface area contributed by atoms with E-state index in [1.54, 1.807) is 17.8 Å². The van der Waals surface area contributed by atoms with Crippen LogP contribution in [0.1, 0.15) is 55.5 Å². The Balaban J connectivity index is 1.49. The maximum absolute atomic E-state index is 13.5. The van der Waals surface area contributed by atoms with Gasteiger partial charge in [0.25, 0.3) is 0 Å². The van der Waals surface area contributed by atoms with Gasteiger partial charge in [0.05, 0.1) is 30.3 Å². The van der Waals surface area contributed by atoms with E-state index in [-0.39, 0.29) is 18.9 Å². The van der Waals surface area contributed by atoms with Crippen LogP contribution < -0.4 is 10.1 Å². The zero-order valence-electron chi connectivity index (χ0n) is 17.3. The quantitative estimate of drug-likeness (QED) is 0.671. The molecule has 0 amide bonds. The first-order valence-corrected chi connectivity index (χ1v) is 10.6. The molecule has 1 saturated carbocycles. The largest absolute Gasteiger partial charge is 0.480 e. The number of anilines is 1. The molecule has 7 nitrogen and oxygen atoms in total. The molecule has 1 N–H and O–H groups in total. The number of allylic oxidation sites excluding steroid dienone is 1. The van der Waals surface area contributed by atoms with Gasteiger partial charge < -0.3 is 10.1 Å². The van der Waals surface area contributed by atoms with E-state index in [4.69, 9.17) is 14.7 Å². The summed E-state index contributed by atoms with van der Waals surface area (Å²) in [6.07, 6.45) is 8.94. The Bertz CT molecular complexity index is 1130. The third-order valence-corrected chi connectivity index (χ3v) is 5.96. The number of nitrogens with one attached hydrogen (secondary N) is 1. The van der Waals surface area contributed by atoms with Crippen molar-refractivity contribution in [2.24, 2.45) is 0 Å². The molecular formula is C22H24F2N6O. The average Bonchev–Trinajstić information content (AvgIpc) is 3.13. The molecule has 3 heterocycles. The van der Waals surface area contributed by atoms with Gasteiger partial charge in [0, 0.05) is 36.7 Å². The fourth-order valence-electron chi connectivity index (χ4n) is 4.33. The van der Waals surface area contributed by atoms with Crippen LogP contribution in [0, 0.1) is 0 Å². The third kappa shape index (κ3) is 3.96. The molecular weight excluding hydrogens is 402 g/mol. The van der Waals surface area contributed by atoms with Crippen LogP contribution in [0.15, 0.2) is 30.6 Å². The summed E-state index contributed by atoms with van der Waals surface area (Å²) in [4.78, 5) is 14.1. The Labute approximate surface area is 178 Å². The van der Waals surface area contributed by atoms with E-state index in [2.05, 4.69) is 21.5 Å². The fourth-order valence-corrected chi connectivity index (χ4v) is 4.33. The molecule has 0 bridgehead atoms. The van der Waals surface area contributed by atoms with Gasteiger partial charge in [-0.25, -0.2) is 23.3 Å². The molecule has 0 aromatic carbocycles. The topological polar surface area (TPSA) is 77.2 Å². The number of nitrogens with zero attached hydrogens (tertiary/aromatic N) is 5. The second-order valence-corrected chi connectivity index (χ2v) is 8.11. The van der Waals surface area contributed by atoms with Crippen molar-refractivity contribution in [3.05, 3.63) is 47.6 Å². The van der Waals surface area contributed by atoms with Gasteiger partial charge in [-0.05, 0) is 38.2 Å². The molecule has 0 spiro atoms. The summed E-state index contributed by atoms with van der Waals surface area (Å²) in [7, 11) is 1.59. The van der Waals surface area contributed by atoms with Gasteiger partial charge in [-0.2, -0.15) is 10.1 Å². The molecule has 31 heavy (non-hydrogen) atoms. The predicted octanol–water partition coefficient (Wildman–Crippen LogP) is 4.29. The fraction of sp³-hybridized carbons (Fsp3) is 0.455. The number of ether oxygens (including phenoxy) is 1. The first-order valence-electron chi connectivity index (χ1n) is 10.6. The molecule has 0 aliphatic heterocycles. The Morgan fingerprint density at radius 1 is 1.16 bits per heavy atom. The smallest absolute Gasteiger partial charge is 0.248 e. The molecule has 3 aromatic heterocycles. The van der Waals surface area contributed by atoms with Crippen molar-refractivity contribution >= 4 is 17.2 Å². The highest BCUT2D eigenvalue weighted by molar-refractivity contribution is 5.82. The molecule has 162 valence electrons. The van der Waals surface area contributed by atoms with Crippen LogP contribution in [0.2, 0.25) is 0 Å². The number of hydrogen-bond donors (Lipinski definition) is 1. The van der Waals surface area contributed by atoms with Crippen molar-refractivity contribution in [3.63, 3.8) is 0 Å². The average molecular weight is 426 g/mol. The Hall–Kier alpha value is -3.10. The molecule has 2 aliphatic carbocycles. The van der Waals surface area contributed by atoms with E-state index >= 15 is 0 Å². The standard InChI is InChI=1S/C22H24F2N6O/c1-31-20-19-15(16-9-13-30-18(27-16)8-12-25-30)4-2-3-5-17(19)28-21(29-20)26-14-6-10-22(23,24)11-7-14/h4,8-9,12-14H,2-3,5-7,10-11H2,1H3,(H,26,28,29). The van der Waals surface area contributed by atoms with Gasteiger partial charge in [-0.3, -0.25) is 0 Å². The summed E-state index contributed by atoms with van der Waals surface area (Å²) in [5, 5.41) is 7.46. The van der Waals surface area contributed by atoms with Crippen molar-refractivity contribution in [3.8, 4) is 5.88 Å². The van der Waals surface area contributed by atoms with E-state index in [9.17, 15) is 8.78 Å². The summed E-state index contributed by atoms with van der Waals surface area (Å²) in [5.41, 5.74) is 4.24. The number of methoxy groups -OCH3 is 1. The summed E-state index contributed by atoms with van der Waals surface area (Å²) >= 11 is 0. The normalized spacial score (nSPS) is 18.9. The van der Waals surface area contributed by atoms with Gasteiger partial charge in [0.15, 0.2) is 5.65 Å². The highest BCUT2D eigenvalue weighted by Gasteiger charge is 2.35. The molecule has 9 heteroatoms. The summed E-state index contributed by atoms with van der Waals surface area (Å²) in [6.45, 7) is 0. The Kier molecular flexibility index (Phi) is 5.03. The molecule has 5 rings (SSSR count). The molecule has 0 atom stereocenters. The van der Waals surface area contributed by atoms with Crippen molar-refractivity contribution in [2.75, 3.05) is 12.4 Å². The van der Waals surface area contributed by atoms with Crippen molar-refractivity contribution in [1.29, 1.82) is 0 Å². The van der Waals surface area contributed by atoms with Gasteiger partial charge in [-0.15, -0.1) is 0 Å². The molecule has 0 saturated heterocycles. The second-order valence-electron chi connectivity index (χ2n) is 8.11. The van der Waals surface area contributed by atoms with Gasteiger partial charge in [-0.1, -0.05) is 6.08 Å². The number of hydrogen-bond acceptors (Lipinski definition) is 6. The van der Waals surface area contributed by atoms with Crippen LogP contribution in [0.5, 0.6) is 5.88 Å². The Morgan fingerprint density at radius 2 is 2.00 bits per heavy atom. The summed E-state index contributed by atoms with van der Waals surface area (Å²) < 4.78 is 34.4.